The van der Waals surface area contributed by atoms with Crippen LogP contribution in [0.25, 0.3) is 0 Å². The third-order valence-corrected chi connectivity index (χ3v) is 3.03. The topological polar surface area (TPSA) is 83.5 Å². The third-order valence-electron chi connectivity index (χ3n) is 3.03. The van der Waals surface area contributed by atoms with Crippen molar-refractivity contribution in [1.82, 2.24) is 5.32 Å². The van der Waals surface area contributed by atoms with E-state index in [0.717, 1.165) is 0 Å². The van der Waals surface area contributed by atoms with Crippen molar-refractivity contribution in [2.45, 2.75) is 18.9 Å². The van der Waals surface area contributed by atoms with Gasteiger partial charge in [-0.05, 0) is 12.5 Å². The number of carbonyl (C=O) groups excluding carboxylic acids is 2. The summed E-state index contributed by atoms with van der Waals surface area (Å²) in [4.78, 5) is 35.2. The Hall–Kier alpha value is -2.17. The molecule has 1 atom stereocenters. The summed E-state index contributed by atoms with van der Waals surface area (Å²) in [6, 6.07) is 6.22. The zero-order valence-corrected chi connectivity index (χ0v) is 9.19. The minimum absolute atomic E-state index is 0.0151. The van der Waals surface area contributed by atoms with Crippen molar-refractivity contribution in [3.05, 3.63) is 35.4 Å². The second-order valence-corrected chi connectivity index (χ2v) is 3.89. The monoisotopic (exact) mass is 233 g/mol. The molecule has 1 heterocycles. The zero-order valence-electron chi connectivity index (χ0n) is 9.19. The number of amides is 1. The van der Waals surface area contributed by atoms with Gasteiger partial charge in [0.05, 0.1) is 5.56 Å². The third kappa shape index (κ3) is 1.43. The number of carboxylic acid groups (broad SMARTS) is 1. The number of ketones is 1. The number of rotatable bonds is 2. The molecule has 88 valence electrons. The molecule has 1 amide bonds. The lowest BCUT2D eigenvalue weighted by molar-refractivity contribution is -0.142. The van der Waals surface area contributed by atoms with Crippen LogP contribution in [0.1, 0.15) is 34.1 Å². The first-order chi connectivity index (χ1) is 8.03. The van der Waals surface area contributed by atoms with Crippen molar-refractivity contribution in [3.63, 3.8) is 0 Å². The molecule has 2 rings (SSSR count). The Morgan fingerprint density at radius 3 is 2.41 bits per heavy atom. The molecule has 0 spiro atoms. The highest BCUT2D eigenvalue weighted by Crippen LogP contribution is 2.26. The molecular formula is C12H11NO4. The molecular weight excluding hydrogens is 222 g/mol. The van der Waals surface area contributed by atoms with Gasteiger partial charge in [0.2, 0.25) is 11.3 Å². The van der Waals surface area contributed by atoms with E-state index in [1.165, 1.54) is 12.1 Å². The number of hydrogen-bond donors (Lipinski definition) is 2. The fourth-order valence-corrected chi connectivity index (χ4v) is 1.98. The Balaban J connectivity index is 2.64. The first-order valence-electron chi connectivity index (χ1n) is 5.22. The molecule has 2 N–H and O–H groups in total. The molecule has 5 nitrogen and oxygen atoms in total. The van der Waals surface area contributed by atoms with Gasteiger partial charge in [-0.1, -0.05) is 25.1 Å². The van der Waals surface area contributed by atoms with Gasteiger partial charge >= 0.3 is 5.97 Å². The van der Waals surface area contributed by atoms with E-state index in [0.29, 0.717) is 0 Å². The summed E-state index contributed by atoms with van der Waals surface area (Å²) in [6.45, 7) is 1.56. The van der Waals surface area contributed by atoms with Gasteiger partial charge in [-0.25, -0.2) is 4.79 Å². The first kappa shape index (κ1) is 11.3. The lowest BCUT2D eigenvalue weighted by Gasteiger charge is -2.32. The van der Waals surface area contributed by atoms with Gasteiger partial charge in [0.15, 0.2) is 0 Å². The van der Waals surface area contributed by atoms with E-state index in [2.05, 4.69) is 5.32 Å². The molecule has 1 aliphatic heterocycles. The second kappa shape index (κ2) is 3.69. The predicted octanol–water partition coefficient (Wildman–Crippen LogP) is 0.846. The average Bonchev–Trinajstić information content (AvgIpc) is 2.33. The summed E-state index contributed by atoms with van der Waals surface area (Å²) >= 11 is 0. The number of fused-ring (bicyclic) bond motifs is 1. The van der Waals surface area contributed by atoms with E-state index < -0.39 is 23.2 Å². The van der Waals surface area contributed by atoms with Crippen molar-refractivity contribution in [3.8, 4) is 0 Å². The van der Waals surface area contributed by atoms with Gasteiger partial charge in [0, 0.05) is 5.56 Å². The van der Waals surface area contributed by atoms with Gasteiger partial charge in [0.25, 0.3) is 5.91 Å². The van der Waals surface area contributed by atoms with Crippen LogP contribution in [0, 0.1) is 0 Å². The summed E-state index contributed by atoms with van der Waals surface area (Å²) in [7, 11) is 0. The largest absolute Gasteiger partial charge is 0.479 e. The van der Waals surface area contributed by atoms with Crippen molar-refractivity contribution in [1.29, 1.82) is 0 Å². The lowest BCUT2D eigenvalue weighted by atomic mass is 9.81. The molecule has 0 aliphatic carbocycles. The molecule has 1 aromatic rings. The van der Waals surface area contributed by atoms with Gasteiger partial charge in [-0.2, -0.15) is 0 Å². The molecule has 17 heavy (non-hydrogen) atoms. The Kier molecular flexibility index (Phi) is 2.46. The van der Waals surface area contributed by atoms with E-state index >= 15 is 0 Å². The fourth-order valence-electron chi connectivity index (χ4n) is 1.98. The maximum absolute atomic E-state index is 12.2. The summed E-state index contributed by atoms with van der Waals surface area (Å²) in [5.41, 5.74) is -1.44. The van der Waals surface area contributed by atoms with Crippen molar-refractivity contribution < 1.29 is 19.5 Å². The lowest BCUT2D eigenvalue weighted by Crippen LogP contribution is -2.62. The Morgan fingerprint density at radius 2 is 1.88 bits per heavy atom. The highest BCUT2D eigenvalue weighted by Gasteiger charge is 2.50. The average molecular weight is 233 g/mol. The fraction of sp³-hybridized carbons (Fsp3) is 0.250. The van der Waals surface area contributed by atoms with Crippen LogP contribution in [0.5, 0.6) is 0 Å². The van der Waals surface area contributed by atoms with Crippen LogP contribution < -0.4 is 5.32 Å². The van der Waals surface area contributed by atoms with E-state index in [1.54, 1.807) is 19.1 Å². The SMILES string of the molecule is CCC1(C(=O)O)NC(=O)c2ccccc2C1=O. The zero-order chi connectivity index (χ0) is 12.6. The second-order valence-electron chi connectivity index (χ2n) is 3.89. The molecule has 1 aromatic carbocycles. The van der Waals surface area contributed by atoms with Gasteiger partial charge < -0.3 is 10.4 Å². The molecule has 0 aromatic heterocycles. The van der Waals surface area contributed by atoms with Crippen LogP contribution in [0.3, 0.4) is 0 Å². The number of nitrogens with one attached hydrogen (secondary N) is 1. The van der Waals surface area contributed by atoms with Crippen LogP contribution in [0.2, 0.25) is 0 Å². The molecule has 1 aliphatic rings. The van der Waals surface area contributed by atoms with Crippen molar-refractivity contribution >= 4 is 17.7 Å². The van der Waals surface area contributed by atoms with Crippen molar-refractivity contribution in [2.24, 2.45) is 0 Å². The van der Waals surface area contributed by atoms with E-state index in [9.17, 15) is 14.4 Å². The number of Topliss-reactive ketones (excluding diaryl/α,β-unsaturated/α-hetero) is 1. The molecule has 0 fully saturated rings. The van der Waals surface area contributed by atoms with Crippen LogP contribution >= 0.6 is 0 Å². The number of aliphatic carboxylic acids is 1. The highest BCUT2D eigenvalue weighted by molar-refractivity contribution is 6.25. The van der Waals surface area contributed by atoms with Crippen LogP contribution in [-0.4, -0.2) is 28.3 Å². The van der Waals surface area contributed by atoms with Gasteiger partial charge in [-0.15, -0.1) is 0 Å². The standard InChI is InChI=1S/C12H11NO4/c1-2-12(11(16)17)9(14)7-5-3-4-6-8(7)10(15)13-12/h3-6H,2H2,1H3,(H,13,15)(H,16,17). The van der Waals surface area contributed by atoms with Crippen LogP contribution in [-0.2, 0) is 4.79 Å². The predicted molar refractivity (Wildman–Crippen MR) is 58.9 cm³/mol. The van der Waals surface area contributed by atoms with Crippen molar-refractivity contribution in [2.75, 3.05) is 0 Å². The summed E-state index contributed by atoms with van der Waals surface area (Å²) < 4.78 is 0. The first-order valence-corrected chi connectivity index (χ1v) is 5.22. The molecule has 0 saturated heterocycles. The Bertz CT molecular complexity index is 523. The maximum atomic E-state index is 12.2. The number of carbonyl (C=O) groups is 3. The Morgan fingerprint density at radius 1 is 1.29 bits per heavy atom. The van der Waals surface area contributed by atoms with E-state index in [-0.39, 0.29) is 17.5 Å². The van der Waals surface area contributed by atoms with Gasteiger partial charge in [0.1, 0.15) is 0 Å². The molecule has 0 radical (unpaired) electrons. The summed E-state index contributed by atoms with van der Waals surface area (Å²) in [5.74, 6) is -2.42. The van der Waals surface area contributed by atoms with E-state index in [4.69, 9.17) is 5.11 Å². The van der Waals surface area contributed by atoms with Crippen LogP contribution in [0.15, 0.2) is 24.3 Å². The number of carboxylic acids is 1. The minimum atomic E-state index is -1.83. The normalized spacial score (nSPS) is 22.9. The number of hydrogen-bond acceptors (Lipinski definition) is 3. The van der Waals surface area contributed by atoms with E-state index in [1.807, 2.05) is 0 Å². The summed E-state index contributed by atoms with van der Waals surface area (Å²) in [6.07, 6.45) is 0.0151. The van der Waals surface area contributed by atoms with Gasteiger partial charge in [-0.3, -0.25) is 9.59 Å². The molecule has 0 saturated carbocycles. The summed E-state index contributed by atoms with van der Waals surface area (Å²) in [5, 5.41) is 11.5. The minimum Gasteiger partial charge on any atom is -0.479 e. The maximum Gasteiger partial charge on any atom is 0.337 e. The Labute approximate surface area is 97.4 Å². The highest BCUT2D eigenvalue weighted by atomic mass is 16.4. The number of benzene rings is 1. The smallest absolute Gasteiger partial charge is 0.337 e. The van der Waals surface area contributed by atoms with Crippen LogP contribution in [0.4, 0.5) is 0 Å². The molecule has 1 unspecified atom stereocenters. The molecule has 5 heteroatoms. The molecule has 0 bridgehead atoms. The quantitative estimate of drug-likeness (QED) is 0.741.